The normalized spacial score (nSPS) is 16.6. The summed E-state index contributed by atoms with van der Waals surface area (Å²) in [6.45, 7) is 34.1. The van der Waals surface area contributed by atoms with Gasteiger partial charge in [0.2, 0.25) is 0 Å². The van der Waals surface area contributed by atoms with E-state index in [-0.39, 0.29) is 0 Å². The van der Waals surface area contributed by atoms with Gasteiger partial charge < -0.3 is 31.9 Å². The first kappa shape index (κ1) is 53.4. The summed E-state index contributed by atoms with van der Waals surface area (Å²) >= 11 is 0. The Morgan fingerprint density at radius 1 is 0.349 bits per heavy atom. The van der Waals surface area contributed by atoms with E-state index in [0.717, 1.165) is 79.1 Å². The molecule has 0 aliphatic carbocycles. The van der Waals surface area contributed by atoms with Crippen molar-refractivity contribution in [2.45, 2.75) is 217 Å². The van der Waals surface area contributed by atoms with E-state index in [9.17, 15) is 0 Å². The number of rotatable bonds is 32. The van der Waals surface area contributed by atoms with Gasteiger partial charge in [-0.05, 0) is 173 Å². The second-order valence-electron chi connectivity index (χ2n) is 20.7. The zero-order valence-electron chi connectivity index (χ0n) is 42.5. The Morgan fingerprint density at radius 2 is 0.651 bits per heavy atom. The van der Waals surface area contributed by atoms with Crippen LogP contribution in [0, 0.1) is 42.4 Å². The van der Waals surface area contributed by atoms with Gasteiger partial charge in [-0.2, -0.15) is 0 Å². The number of nitrogens with zero attached hydrogens (tertiary/aromatic N) is 6. The van der Waals surface area contributed by atoms with Gasteiger partial charge in [0.05, 0.1) is 24.3 Å². The van der Waals surface area contributed by atoms with Crippen molar-refractivity contribution in [2.24, 2.45) is 35.5 Å². The zero-order valence-corrected chi connectivity index (χ0v) is 42.5. The lowest BCUT2D eigenvalue weighted by Crippen LogP contribution is -2.22. The van der Waals surface area contributed by atoms with Gasteiger partial charge >= 0.3 is 0 Å². The van der Waals surface area contributed by atoms with Gasteiger partial charge in [0.1, 0.15) is 34.9 Å². The van der Waals surface area contributed by atoms with Crippen LogP contribution in [0.25, 0.3) is 0 Å². The van der Waals surface area contributed by atoms with Crippen LogP contribution in [0.4, 0.5) is 34.9 Å². The highest BCUT2D eigenvalue weighted by Gasteiger charge is 2.19. The molecule has 0 fully saturated rings. The Labute approximate surface area is 384 Å². The van der Waals surface area contributed by atoms with E-state index in [1.54, 1.807) is 0 Å². The minimum absolute atomic E-state index is 0.318. The predicted molar refractivity (Wildman–Crippen MR) is 271 cm³/mol. The smallest absolute Gasteiger partial charge is 0.149 e. The summed E-state index contributed by atoms with van der Waals surface area (Å²) < 4.78 is 0. The third kappa shape index (κ3) is 22.0. The van der Waals surface area contributed by atoms with Gasteiger partial charge in [-0.25, -0.2) is 19.9 Å². The van der Waals surface area contributed by atoms with Crippen molar-refractivity contribution in [3.8, 4) is 0 Å². The van der Waals surface area contributed by atoms with E-state index in [1.165, 1.54) is 38.5 Å². The number of aromatic nitrogens is 6. The Kier molecular flexibility index (Phi) is 23.8. The molecule has 12 nitrogen and oxygen atoms in total. The summed E-state index contributed by atoms with van der Waals surface area (Å²) in [6.07, 6.45) is 19.3. The fraction of sp³-hybridized carbons (Fsp3) is 0.765. The van der Waals surface area contributed by atoms with Gasteiger partial charge in [0, 0.05) is 36.3 Å². The fourth-order valence-electron chi connectivity index (χ4n) is 7.94. The molecule has 3 heterocycles. The molecule has 3 aromatic rings. The molecule has 0 aromatic carbocycles. The molecule has 3 aromatic heterocycles. The molecule has 63 heavy (non-hydrogen) atoms. The van der Waals surface area contributed by atoms with Crippen LogP contribution in [0.1, 0.15) is 180 Å². The minimum atomic E-state index is 0.318. The first-order valence-electron chi connectivity index (χ1n) is 24.9. The third-order valence-corrected chi connectivity index (χ3v) is 13.1. The maximum absolute atomic E-state index is 4.89. The molecule has 10 unspecified atom stereocenters. The number of nitrogens with one attached hydrogen (secondary N) is 6. The lowest BCUT2D eigenvalue weighted by atomic mass is 9.86. The Hall–Kier alpha value is -3.96. The van der Waals surface area contributed by atoms with Gasteiger partial charge in [0.25, 0.3) is 0 Å². The molecule has 0 bridgehead atoms. The van der Waals surface area contributed by atoms with E-state index in [4.69, 9.17) is 9.97 Å². The van der Waals surface area contributed by atoms with Gasteiger partial charge in [-0.1, -0.05) is 55.4 Å². The van der Waals surface area contributed by atoms with Crippen molar-refractivity contribution in [1.82, 2.24) is 30.1 Å². The van der Waals surface area contributed by atoms with Crippen molar-refractivity contribution < 1.29 is 0 Å². The van der Waals surface area contributed by atoms with Crippen molar-refractivity contribution in [3.63, 3.8) is 0 Å². The number of anilines is 6. The Morgan fingerprint density at radius 3 is 0.968 bits per heavy atom. The van der Waals surface area contributed by atoms with Crippen molar-refractivity contribution in [2.75, 3.05) is 31.9 Å². The molecular formula is C51H92N12. The largest absolute Gasteiger partial charge is 0.366 e. The molecule has 0 radical (unpaired) electrons. The first-order valence-corrected chi connectivity index (χ1v) is 24.9. The molecule has 356 valence electrons. The maximum atomic E-state index is 4.89. The molecule has 12 heteroatoms. The Bertz CT molecular complexity index is 1650. The van der Waals surface area contributed by atoms with Crippen LogP contribution in [0.15, 0.2) is 30.7 Å². The number of hydrogen-bond donors (Lipinski definition) is 6. The SMILES string of the molecule is Cc1nc(NC(C)CCC(C)C(C)CCC(C)Nc2ccc(NC(C)CCC(C)C)nn2)cnc1NC(C)CCC(C)C(C)CCC(C)Nc1cnc(NC(C)CCC(C)C)cn1. The lowest BCUT2D eigenvalue weighted by molar-refractivity contribution is 0.321. The summed E-state index contributed by atoms with van der Waals surface area (Å²) in [5.41, 5.74) is 0.934. The molecule has 3 rings (SSSR count). The molecular weight excluding hydrogens is 781 g/mol. The summed E-state index contributed by atoms with van der Waals surface area (Å²) in [7, 11) is 0. The molecule has 6 N–H and O–H groups in total. The summed E-state index contributed by atoms with van der Waals surface area (Å²) in [4.78, 5) is 18.9. The summed E-state index contributed by atoms with van der Waals surface area (Å²) in [6, 6.07) is 6.16. The number of aryl methyl sites for hydroxylation is 1. The minimum Gasteiger partial charge on any atom is -0.366 e. The topological polar surface area (TPSA) is 150 Å². The maximum Gasteiger partial charge on any atom is 0.149 e. The molecule has 0 saturated heterocycles. The van der Waals surface area contributed by atoms with Crippen LogP contribution in [0.5, 0.6) is 0 Å². The zero-order chi connectivity index (χ0) is 46.5. The van der Waals surface area contributed by atoms with Crippen LogP contribution in [-0.2, 0) is 0 Å². The summed E-state index contributed by atoms with van der Waals surface area (Å²) in [5, 5.41) is 30.2. The molecule has 0 amide bonds. The highest BCUT2D eigenvalue weighted by Crippen LogP contribution is 2.27. The van der Waals surface area contributed by atoms with E-state index >= 15 is 0 Å². The monoisotopic (exact) mass is 873 g/mol. The van der Waals surface area contributed by atoms with Crippen LogP contribution < -0.4 is 31.9 Å². The van der Waals surface area contributed by atoms with Crippen LogP contribution in [0.2, 0.25) is 0 Å². The van der Waals surface area contributed by atoms with Gasteiger partial charge in [0.15, 0.2) is 0 Å². The van der Waals surface area contributed by atoms with E-state index in [2.05, 4.69) is 156 Å². The van der Waals surface area contributed by atoms with Crippen LogP contribution in [0.3, 0.4) is 0 Å². The van der Waals surface area contributed by atoms with Crippen molar-refractivity contribution in [1.29, 1.82) is 0 Å². The van der Waals surface area contributed by atoms with Crippen molar-refractivity contribution >= 4 is 34.9 Å². The van der Waals surface area contributed by atoms with E-state index in [1.807, 2.05) is 30.7 Å². The van der Waals surface area contributed by atoms with Crippen LogP contribution >= 0.6 is 0 Å². The van der Waals surface area contributed by atoms with E-state index in [0.29, 0.717) is 71.8 Å². The van der Waals surface area contributed by atoms with Crippen LogP contribution in [-0.4, -0.2) is 66.4 Å². The highest BCUT2D eigenvalue weighted by atomic mass is 15.2. The Balaban J connectivity index is 1.30. The quantitative estimate of drug-likeness (QED) is 0.0354. The fourth-order valence-corrected chi connectivity index (χ4v) is 7.94. The second kappa shape index (κ2) is 28.1. The average molecular weight is 873 g/mol. The lowest BCUT2D eigenvalue weighted by Gasteiger charge is -2.24. The molecule has 0 saturated carbocycles. The van der Waals surface area contributed by atoms with Crippen molar-refractivity contribution in [3.05, 3.63) is 36.4 Å². The molecule has 0 aliphatic heterocycles. The third-order valence-electron chi connectivity index (χ3n) is 13.1. The second-order valence-corrected chi connectivity index (χ2v) is 20.7. The molecule has 0 spiro atoms. The number of hydrogen-bond acceptors (Lipinski definition) is 12. The summed E-state index contributed by atoms with van der Waals surface area (Å²) in [5.74, 6) is 9.06. The highest BCUT2D eigenvalue weighted by molar-refractivity contribution is 5.46. The predicted octanol–water partition coefficient (Wildman–Crippen LogP) is 13.1. The van der Waals surface area contributed by atoms with Gasteiger partial charge in [-0.3, -0.25) is 0 Å². The standard InChI is InChI=1S/C51H92N12/c1-33(2)16-22-39(9)55-46-28-29-47(63-62-46)56-41(11)24-18-35(5)37(7)20-26-43(13)59-50-32-54-51(45(15)61-50)60-44(14)27-21-38(8)36(6)19-25-42(12)58-49-31-52-48(30-53-49)57-40(10)23-17-34(3)4/h28-44H,16-27H2,1-15H3,(H,52,57)(H,53,58)(H,54,60)(H,55,62)(H,56,63)(H,59,61). The first-order chi connectivity index (χ1) is 29.9. The average Bonchev–Trinajstić information content (AvgIpc) is 3.23. The van der Waals surface area contributed by atoms with E-state index < -0.39 is 0 Å². The molecule has 10 atom stereocenters. The molecule has 0 aliphatic rings. The van der Waals surface area contributed by atoms with Gasteiger partial charge in [-0.15, -0.1) is 10.2 Å².